The molecule has 2 aliphatic heterocycles. The van der Waals surface area contributed by atoms with E-state index < -0.39 is 8.32 Å². The Kier molecular flexibility index (Phi) is 7.44. The Labute approximate surface area is 206 Å². The lowest BCUT2D eigenvalue weighted by molar-refractivity contribution is -0.141. The van der Waals surface area contributed by atoms with Gasteiger partial charge in [-0.05, 0) is 28.3 Å². The van der Waals surface area contributed by atoms with Crippen LogP contribution in [0.25, 0.3) is 0 Å². The maximum Gasteiger partial charge on any atom is 0.311 e. The highest BCUT2D eigenvalue weighted by atomic mass is 127. The first kappa shape index (κ1) is 23.9. The molecule has 0 bridgehead atoms. The normalized spacial score (nSPS) is 26.7. The van der Waals surface area contributed by atoms with E-state index in [4.69, 9.17) is 13.9 Å². The number of fused-ring (bicyclic) bond motifs is 1. The Bertz CT molecular complexity index is 860. The quantitative estimate of drug-likeness (QED) is 0.233. The minimum Gasteiger partial charge on any atom is -0.463 e. The fraction of sp³-hybridized carbons (Fsp3) is 0.500. The van der Waals surface area contributed by atoms with Crippen LogP contribution in [0.5, 0.6) is 0 Å². The lowest BCUT2D eigenvalue weighted by Crippen LogP contribution is -2.67. The number of halogens is 1. The zero-order valence-electron chi connectivity index (χ0n) is 19.1. The van der Waals surface area contributed by atoms with Gasteiger partial charge in [0.1, 0.15) is 12.7 Å². The molecule has 2 heterocycles. The van der Waals surface area contributed by atoms with Crippen molar-refractivity contribution >= 4 is 47.3 Å². The van der Waals surface area contributed by atoms with Crippen molar-refractivity contribution in [3.05, 3.63) is 60.7 Å². The predicted octanol–water partition coefficient (Wildman–Crippen LogP) is 4.48. The number of ether oxygens (including phenoxy) is 2. The van der Waals surface area contributed by atoms with Gasteiger partial charge in [-0.25, -0.2) is 0 Å². The highest BCUT2D eigenvalue weighted by Crippen LogP contribution is 2.38. The van der Waals surface area contributed by atoms with Gasteiger partial charge in [0.25, 0.3) is 8.32 Å². The molecular formula is C26H33IO4Si. The largest absolute Gasteiger partial charge is 0.463 e. The van der Waals surface area contributed by atoms with E-state index in [0.717, 1.165) is 19.3 Å². The van der Waals surface area contributed by atoms with Crippen LogP contribution in [0.3, 0.4) is 0 Å². The van der Waals surface area contributed by atoms with Crippen LogP contribution >= 0.6 is 22.6 Å². The molecule has 32 heavy (non-hydrogen) atoms. The number of benzene rings is 2. The maximum absolute atomic E-state index is 12.2. The van der Waals surface area contributed by atoms with E-state index in [1.54, 1.807) is 0 Å². The molecule has 0 N–H and O–H groups in total. The molecule has 2 saturated heterocycles. The van der Waals surface area contributed by atoms with Crippen LogP contribution in [-0.2, 0) is 18.7 Å². The third-order valence-corrected chi connectivity index (χ3v) is 13.2. The predicted molar refractivity (Wildman–Crippen MR) is 138 cm³/mol. The molecule has 4 atom stereocenters. The van der Waals surface area contributed by atoms with Crippen molar-refractivity contribution < 1.29 is 18.7 Å². The number of hydrogen-bond acceptors (Lipinski definition) is 4. The van der Waals surface area contributed by atoms with Crippen LogP contribution in [0, 0.1) is 5.92 Å². The summed E-state index contributed by atoms with van der Waals surface area (Å²) in [7, 11) is -2.62. The molecule has 2 aliphatic rings. The van der Waals surface area contributed by atoms with Gasteiger partial charge in [-0.2, -0.15) is 0 Å². The van der Waals surface area contributed by atoms with Crippen molar-refractivity contribution in [2.24, 2.45) is 5.92 Å². The van der Waals surface area contributed by atoms with Crippen LogP contribution in [-0.4, -0.2) is 43.6 Å². The summed E-state index contributed by atoms with van der Waals surface area (Å²) in [5, 5.41) is 2.46. The third kappa shape index (κ3) is 4.69. The third-order valence-electron chi connectivity index (χ3n) is 6.77. The second-order valence-corrected chi connectivity index (χ2v) is 15.8. The highest BCUT2D eigenvalue weighted by molar-refractivity contribution is 14.1. The van der Waals surface area contributed by atoms with E-state index in [2.05, 4.69) is 104 Å². The maximum atomic E-state index is 12.2. The van der Waals surface area contributed by atoms with Crippen LogP contribution in [0.4, 0.5) is 0 Å². The molecule has 4 nitrogen and oxygen atoms in total. The monoisotopic (exact) mass is 564 g/mol. The number of hydrogen-bond donors (Lipinski definition) is 0. The van der Waals surface area contributed by atoms with Crippen molar-refractivity contribution in [2.45, 2.75) is 61.2 Å². The molecule has 0 radical (unpaired) electrons. The number of carbonyl (C=O) groups excluding carboxylic acids is 1. The topological polar surface area (TPSA) is 44.8 Å². The number of alkyl halides is 1. The smallest absolute Gasteiger partial charge is 0.311 e. The molecule has 0 saturated carbocycles. The van der Waals surface area contributed by atoms with E-state index in [0.29, 0.717) is 17.1 Å². The van der Waals surface area contributed by atoms with E-state index >= 15 is 0 Å². The van der Waals surface area contributed by atoms with Crippen molar-refractivity contribution in [1.29, 1.82) is 0 Å². The van der Waals surface area contributed by atoms with Crippen molar-refractivity contribution in [3.8, 4) is 0 Å². The average molecular weight is 565 g/mol. The first-order chi connectivity index (χ1) is 15.3. The molecule has 172 valence electrons. The first-order valence-electron chi connectivity index (χ1n) is 11.5. The minimum atomic E-state index is -2.62. The summed E-state index contributed by atoms with van der Waals surface area (Å²) in [5.41, 5.74) is 0. The van der Waals surface area contributed by atoms with E-state index in [-0.39, 0.29) is 29.1 Å². The second-order valence-electron chi connectivity index (χ2n) is 9.87. The molecule has 2 fully saturated rings. The van der Waals surface area contributed by atoms with Crippen LogP contribution in [0.2, 0.25) is 5.04 Å². The summed E-state index contributed by atoms with van der Waals surface area (Å²) < 4.78 is 19.3. The zero-order valence-corrected chi connectivity index (χ0v) is 22.3. The molecule has 0 spiro atoms. The summed E-state index contributed by atoms with van der Waals surface area (Å²) in [5.74, 6) is -0.233. The van der Waals surface area contributed by atoms with Crippen molar-refractivity contribution in [2.75, 3.05) is 13.2 Å². The van der Waals surface area contributed by atoms with Gasteiger partial charge in [-0.3, -0.25) is 4.79 Å². The number of carbonyl (C=O) groups is 1. The number of rotatable bonds is 5. The van der Waals surface area contributed by atoms with E-state index in [1.165, 1.54) is 10.4 Å². The van der Waals surface area contributed by atoms with Gasteiger partial charge in [0.2, 0.25) is 0 Å². The fourth-order valence-corrected chi connectivity index (χ4v) is 10.5. The van der Waals surface area contributed by atoms with Crippen LogP contribution < -0.4 is 10.4 Å². The van der Waals surface area contributed by atoms with Crippen LogP contribution in [0.1, 0.15) is 40.0 Å². The number of esters is 1. The van der Waals surface area contributed by atoms with E-state index in [9.17, 15) is 4.79 Å². The SMILES string of the molecule is CC(C)(C)[Si](OC[C@H]1O[C@H]2COC(=O)[C@H]2CCC[C@H]1I)(c1ccccc1)c1ccccc1. The van der Waals surface area contributed by atoms with Crippen molar-refractivity contribution in [3.63, 3.8) is 0 Å². The Morgan fingerprint density at radius 2 is 1.59 bits per heavy atom. The fourth-order valence-electron chi connectivity index (χ4n) is 5.12. The Balaban J connectivity index is 1.67. The van der Waals surface area contributed by atoms with Gasteiger partial charge in [0, 0.05) is 3.92 Å². The molecule has 0 unspecified atom stereocenters. The number of cyclic esters (lactones) is 1. The molecular weight excluding hydrogens is 531 g/mol. The van der Waals surface area contributed by atoms with Crippen molar-refractivity contribution in [1.82, 2.24) is 0 Å². The Hall–Kier alpha value is -1.22. The lowest BCUT2D eigenvalue weighted by atomic mass is 9.95. The van der Waals surface area contributed by atoms with Gasteiger partial charge >= 0.3 is 5.97 Å². The van der Waals surface area contributed by atoms with Gasteiger partial charge < -0.3 is 13.9 Å². The standard InChI is InChI=1S/C26H33IO4Si/c1-26(2,3)32(19-11-6-4-7-12-19,20-13-8-5-9-14-20)30-18-24-22(27)16-10-15-21-23(31-24)17-29-25(21)28/h4-9,11-14,21-24H,10,15-18H2,1-3H3/t21-,22+,23-,24+/m0/s1. The Morgan fingerprint density at radius 3 is 2.16 bits per heavy atom. The molecule has 0 aromatic heterocycles. The van der Waals surface area contributed by atoms with Gasteiger partial charge in [-0.1, -0.05) is 110 Å². The van der Waals surface area contributed by atoms with Gasteiger partial charge in [0.15, 0.2) is 0 Å². The zero-order chi connectivity index (χ0) is 22.8. The minimum absolute atomic E-state index is 0.0699. The molecule has 4 rings (SSSR count). The highest BCUT2D eigenvalue weighted by Gasteiger charge is 2.51. The van der Waals surface area contributed by atoms with Crippen LogP contribution in [0.15, 0.2) is 60.7 Å². The molecule has 0 aliphatic carbocycles. The summed E-state index contributed by atoms with van der Waals surface area (Å²) in [4.78, 5) is 12.2. The molecule has 2 aromatic rings. The molecule has 2 aromatic carbocycles. The van der Waals surface area contributed by atoms with E-state index in [1.807, 2.05) is 0 Å². The summed E-state index contributed by atoms with van der Waals surface area (Å²) in [6.45, 7) is 7.75. The summed E-state index contributed by atoms with van der Waals surface area (Å²) in [6, 6.07) is 21.4. The summed E-state index contributed by atoms with van der Waals surface area (Å²) in [6.07, 6.45) is 2.66. The lowest BCUT2D eigenvalue weighted by Gasteiger charge is -2.44. The Morgan fingerprint density at radius 1 is 1.00 bits per heavy atom. The molecule has 0 amide bonds. The molecule has 6 heteroatoms. The van der Waals surface area contributed by atoms with Gasteiger partial charge in [-0.15, -0.1) is 0 Å². The first-order valence-corrected chi connectivity index (χ1v) is 14.7. The van der Waals surface area contributed by atoms with Gasteiger partial charge in [0.05, 0.1) is 18.6 Å². The second kappa shape index (κ2) is 9.95. The summed E-state index contributed by atoms with van der Waals surface area (Å²) >= 11 is 2.51. The average Bonchev–Trinajstić information content (AvgIpc) is 3.11.